The highest BCUT2D eigenvalue weighted by molar-refractivity contribution is 8.00. The van der Waals surface area contributed by atoms with Gasteiger partial charge in [0.25, 0.3) is 0 Å². The fourth-order valence-electron chi connectivity index (χ4n) is 2.38. The van der Waals surface area contributed by atoms with Gasteiger partial charge in [-0.15, -0.1) is 11.8 Å². The third-order valence-corrected chi connectivity index (χ3v) is 4.71. The van der Waals surface area contributed by atoms with Gasteiger partial charge in [-0.05, 0) is 19.4 Å². The number of nitrogens with one attached hydrogen (secondary N) is 1. The number of thioether (sulfide) groups is 1. The molecule has 1 fully saturated rings. The molecule has 3 nitrogen and oxygen atoms in total. The average molecular weight is 259 g/mol. The Morgan fingerprint density at radius 1 is 1.29 bits per heavy atom. The van der Waals surface area contributed by atoms with Gasteiger partial charge in [0.2, 0.25) is 0 Å². The van der Waals surface area contributed by atoms with Gasteiger partial charge in [-0.3, -0.25) is 4.79 Å². The quantitative estimate of drug-likeness (QED) is 0.770. The second kappa shape index (κ2) is 8.81. The lowest BCUT2D eigenvalue weighted by Gasteiger charge is -2.29. The second-order valence-corrected chi connectivity index (χ2v) is 5.81. The highest BCUT2D eigenvalue weighted by atomic mass is 32.2. The van der Waals surface area contributed by atoms with Crippen LogP contribution in [0.4, 0.5) is 0 Å². The highest BCUT2D eigenvalue weighted by Gasteiger charge is 2.23. The lowest BCUT2D eigenvalue weighted by molar-refractivity contribution is -0.137. The predicted molar refractivity (Wildman–Crippen MR) is 73.4 cm³/mol. The van der Waals surface area contributed by atoms with Crippen LogP contribution in [0.5, 0.6) is 0 Å². The molecule has 0 bridgehead atoms. The van der Waals surface area contributed by atoms with Gasteiger partial charge < -0.3 is 10.1 Å². The first-order valence-corrected chi connectivity index (χ1v) is 7.74. The number of hydrogen-bond acceptors (Lipinski definition) is 4. The van der Waals surface area contributed by atoms with Crippen LogP contribution >= 0.6 is 11.8 Å². The molecule has 1 aliphatic carbocycles. The van der Waals surface area contributed by atoms with Crippen molar-refractivity contribution in [3.05, 3.63) is 0 Å². The van der Waals surface area contributed by atoms with E-state index in [0.29, 0.717) is 17.0 Å². The van der Waals surface area contributed by atoms with Crippen molar-refractivity contribution in [2.24, 2.45) is 0 Å². The van der Waals surface area contributed by atoms with Crippen LogP contribution in [0.1, 0.15) is 45.4 Å². The van der Waals surface area contributed by atoms with Crippen molar-refractivity contribution in [1.29, 1.82) is 0 Å². The molecule has 1 N–H and O–H groups in total. The third-order valence-electron chi connectivity index (χ3n) is 3.31. The van der Waals surface area contributed by atoms with Crippen LogP contribution in [0.2, 0.25) is 0 Å². The number of carbonyl (C=O) groups is 1. The van der Waals surface area contributed by atoms with Gasteiger partial charge in [0.15, 0.2) is 0 Å². The number of methoxy groups -OCH3 is 1. The molecule has 4 heteroatoms. The number of hydrogen-bond donors (Lipinski definition) is 1. The Morgan fingerprint density at radius 3 is 2.65 bits per heavy atom. The predicted octanol–water partition coefficient (Wildman–Crippen LogP) is 2.59. The fraction of sp³-hybridized carbons (Fsp3) is 0.923. The summed E-state index contributed by atoms with van der Waals surface area (Å²) < 4.78 is 4.71. The Labute approximate surface area is 109 Å². The van der Waals surface area contributed by atoms with E-state index in [2.05, 4.69) is 12.2 Å². The maximum Gasteiger partial charge on any atom is 0.315 e. The molecule has 1 aliphatic rings. The minimum atomic E-state index is -0.104. The number of esters is 1. The minimum absolute atomic E-state index is 0.104. The third kappa shape index (κ3) is 5.77. The lowest BCUT2D eigenvalue weighted by Crippen LogP contribution is -2.39. The summed E-state index contributed by atoms with van der Waals surface area (Å²) in [4.78, 5) is 11.2. The van der Waals surface area contributed by atoms with Gasteiger partial charge in [-0.25, -0.2) is 0 Å². The molecule has 0 heterocycles. The monoisotopic (exact) mass is 259 g/mol. The van der Waals surface area contributed by atoms with E-state index in [-0.39, 0.29) is 5.97 Å². The van der Waals surface area contributed by atoms with Gasteiger partial charge in [-0.1, -0.05) is 32.6 Å². The van der Waals surface area contributed by atoms with E-state index in [9.17, 15) is 4.79 Å². The summed E-state index contributed by atoms with van der Waals surface area (Å²) in [5.74, 6) is 0.385. The molecule has 0 aromatic heterocycles. The van der Waals surface area contributed by atoms with E-state index >= 15 is 0 Å². The van der Waals surface area contributed by atoms with Gasteiger partial charge >= 0.3 is 5.97 Å². The van der Waals surface area contributed by atoms with Crippen molar-refractivity contribution < 1.29 is 9.53 Å². The Kier molecular flexibility index (Phi) is 7.69. The van der Waals surface area contributed by atoms with Crippen molar-refractivity contribution in [3.8, 4) is 0 Å². The van der Waals surface area contributed by atoms with E-state index in [1.165, 1.54) is 45.6 Å². The SMILES string of the molecule is CCNC1CCCCCCC1SCC(=O)OC. The van der Waals surface area contributed by atoms with E-state index < -0.39 is 0 Å². The van der Waals surface area contributed by atoms with Crippen LogP contribution in [0, 0.1) is 0 Å². The maximum absolute atomic E-state index is 11.2. The average Bonchev–Trinajstić information content (AvgIpc) is 2.31. The van der Waals surface area contributed by atoms with E-state index in [0.717, 1.165) is 6.54 Å². The van der Waals surface area contributed by atoms with Crippen molar-refractivity contribution in [2.45, 2.75) is 56.7 Å². The summed E-state index contributed by atoms with van der Waals surface area (Å²) >= 11 is 1.76. The summed E-state index contributed by atoms with van der Waals surface area (Å²) in [6, 6.07) is 0.565. The smallest absolute Gasteiger partial charge is 0.315 e. The van der Waals surface area contributed by atoms with Crippen LogP contribution in [0.25, 0.3) is 0 Å². The van der Waals surface area contributed by atoms with Crippen LogP contribution in [-0.2, 0) is 9.53 Å². The fourth-order valence-corrected chi connectivity index (χ4v) is 3.65. The molecule has 0 aromatic rings. The molecule has 0 saturated heterocycles. The lowest BCUT2D eigenvalue weighted by atomic mass is 9.96. The molecule has 0 radical (unpaired) electrons. The number of rotatable bonds is 5. The van der Waals surface area contributed by atoms with Crippen LogP contribution in [0.3, 0.4) is 0 Å². The summed E-state index contributed by atoms with van der Waals surface area (Å²) in [6.45, 7) is 3.17. The van der Waals surface area contributed by atoms with Crippen molar-refractivity contribution >= 4 is 17.7 Å². The minimum Gasteiger partial charge on any atom is -0.468 e. The number of carbonyl (C=O) groups excluding carboxylic acids is 1. The summed E-state index contributed by atoms with van der Waals surface area (Å²) in [5.41, 5.74) is 0. The van der Waals surface area contributed by atoms with E-state index in [4.69, 9.17) is 4.74 Å². The Bertz CT molecular complexity index is 223. The van der Waals surface area contributed by atoms with Crippen LogP contribution < -0.4 is 5.32 Å². The summed E-state index contributed by atoms with van der Waals surface area (Å²) in [5, 5.41) is 4.14. The van der Waals surface area contributed by atoms with Crippen molar-refractivity contribution in [1.82, 2.24) is 5.32 Å². The first-order valence-electron chi connectivity index (χ1n) is 6.69. The molecule has 0 aromatic carbocycles. The zero-order valence-electron chi connectivity index (χ0n) is 11.0. The molecule has 0 aliphatic heterocycles. The highest BCUT2D eigenvalue weighted by Crippen LogP contribution is 2.27. The van der Waals surface area contributed by atoms with E-state index in [1.807, 2.05) is 0 Å². The van der Waals surface area contributed by atoms with E-state index in [1.54, 1.807) is 11.8 Å². The summed E-state index contributed by atoms with van der Waals surface area (Å²) in [7, 11) is 1.46. The molecule has 17 heavy (non-hydrogen) atoms. The summed E-state index contributed by atoms with van der Waals surface area (Å²) in [6.07, 6.45) is 7.77. The van der Waals surface area contributed by atoms with Crippen LogP contribution in [-0.4, -0.2) is 36.7 Å². The second-order valence-electron chi connectivity index (χ2n) is 4.58. The normalized spacial score (nSPS) is 26.0. The van der Waals surface area contributed by atoms with Gasteiger partial charge in [0.05, 0.1) is 12.9 Å². The van der Waals surface area contributed by atoms with Crippen molar-refractivity contribution in [3.63, 3.8) is 0 Å². The number of ether oxygens (including phenoxy) is 1. The topological polar surface area (TPSA) is 38.3 Å². The van der Waals surface area contributed by atoms with Crippen LogP contribution in [0.15, 0.2) is 0 Å². The molecule has 0 spiro atoms. The molecule has 2 unspecified atom stereocenters. The molecule has 100 valence electrons. The zero-order valence-corrected chi connectivity index (χ0v) is 11.9. The molecular formula is C13H25NO2S. The Morgan fingerprint density at radius 2 is 2.00 bits per heavy atom. The maximum atomic E-state index is 11.2. The molecule has 2 atom stereocenters. The first-order chi connectivity index (χ1) is 8.27. The van der Waals surface area contributed by atoms with Crippen molar-refractivity contribution in [2.75, 3.05) is 19.4 Å². The molecule has 1 rings (SSSR count). The molecule has 0 amide bonds. The largest absolute Gasteiger partial charge is 0.468 e. The Hall–Kier alpha value is -0.220. The Balaban J connectivity index is 2.44. The van der Waals surface area contributed by atoms with Gasteiger partial charge in [0, 0.05) is 11.3 Å². The molecular weight excluding hydrogens is 234 g/mol. The molecule has 1 saturated carbocycles. The first kappa shape index (κ1) is 14.8. The van der Waals surface area contributed by atoms with Gasteiger partial charge in [-0.2, -0.15) is 0 Å². The zero-order chi connectivity index (χ0) is 12.5. The van der Waals surface area contributed by atoms with Gasteiger partial charge in [0.1, 0.15) is 0 Å². The standard InChI is InChI=1S/C13H25NO2S/c1-3-14-11-8-6-4-5-7-9-12(11)17-10-13(15)16-2/h11-12,14H,3-10H2,1-2H3.